The smallest absolute Gasteiger partial charge is 0.219 e. The molecule has 0 saturated carbocycles. The second-order valence-corrected chi connectivity index (χ2v) is 10.1. The molecule has 0 atom stereocenters. The molecule has 3 aromatic rings. The van der Waals surface area contributed by atoms with Gasteiger partial charge in [0.1, 0.15) is 4.90 Å². The standard InChI is InChI=1S/C20H18ClNO4S2/c21-19-12-11-18(27(23,24)17-9-5-2-6-10-17)15-20(19)28(25,26)22-14-13-16-7-3-1-4-8-16/h1-12,15,22H,13-14H2. The third-order valence-electron chi connectivity index (χ3n) is 4.10. The fraction of sp³-hybridized carbons (Fsp3) is 0.100. The van der Waals surface area contributed by atoms with Gasteiger partial charge in [-0.15, -0.1) is 0 Å². The minimum atomic E-state index is -3.97. The largest absolute Gasteiger partial charge is 0.242 e. The second kappa shape index (κ2) is 8.45. The first-order chi connectivity index (χ1) is 13.3. The maximum Gasteiger partial charge on any atom is 0.242 e. The van der Waals surface area contributed by atoms with E-state index in [9.17, 15) is 16.8 Å². The minimum Gasteiger partial charge on any atom is -0.219 e. The number of nitrogens with one attached hydrogen (secondary N) is 1. The maximum absolute atomic E-state index is 12.8. The summed E-state index contributed by atoms with van der Waals surface area (Å²) in [4.78, 5) is -0.316. The van der Waals surface area contributed by atoms with E-state index in [2.05, 4.69) is 4.72 Å². The van der Waals surface area contributed by atoms with Crippen LogP contribution in [0, 0.1) is 0 Å². The van der Waals surface area contributed by atoms with E-state index in [1.165, 1.54) is 24.3 Å². The van der Waals surface area contributed by atoms with Gasteiger partial charge < -0.3 is 0 Å². The molecular formula is C20H18ClNO4S2. The van der Waals surface area contributed by atoms with Crippen LogP contribution in [-0.4, -0.2) is 23.4 Å². The van der Waals surface area contributed by atoms with Gasteiger partial charge in [-0.05, 0) is 42.3 Å². The molecule has 0 amide bonds. The van der Waals surface area contributed by atoms with Gasteiger partial charge in [0.25, 0.3) is 0 Å². The third-order valence-corrected chi connectivity index (χ3v) is 7.81. The lowest BCUT2D eigenvalue weighted by molar-refractivity contribution is 0.581. The summed E-state index contributed by atoms with van der Waals surface area (Å²) in [5, 5.41) is -0.0424. The average molecular weight is 436 g/mol. The predicted octanol–water partition coefficient (Wildman–Crippen LogP) is 3.69. The van der Waals surface area contributed by atoms with Crippen molar-refractivity contribution in [1.29, 1.82) is 0 Å². The fourth-order valence-electron chi connectivity index (χ4n) is 2.64. The van der Waals surface area contributed by atoms with E-state index < -0.39 is 19.9 Å². The summed E-state index contributed by atoms with van der Waals surface area (Å²) in [6, 6.07) is 20.9. The molecule has 0 fully saturated rings. The van der Waals surface area contributed by atoms with Crippen LogP contribution >= 0.6 is 11.6 Å². The summed E-state index contributed by atoms with van der Waals surface area (Å²) in [5.41, 5.74) is 0.983. The number of sulfone groups is 1. The van der Waals surface area contributed by atoms with Crippen molar-refractivity contribution in [1.82, 2.24) is 4.72 Å². The van der Waals surface area contributed by atoms with Gasteiger partial charge in [-0.2, -0.15) is 0 Å². The van der Waals surface area contributed by atoms with E-state index >= 15 is 0 Å². The van der Waals surface area contributed by atoms with Crippen LogP contribution in [0.25, 0.3) is 0 Å². The molecule has 3 rings (SSSR count). The molecule has 0 aromatic heterocycles. The summed E-state index contributed by atoms with van der Waals surface area (Å²) in [7, 11) is -7.83. The molecule has 0 aliphatic heterocycles. The summed E-state index contributed by atoms with van der Waals surface area (Å²) in [5.74, 6) is 0. The lowest BCUT2D eigenvalue weighted by Gasteiger charge is -2.11. The Balaban J connectivity index is 1.86. The lowest BCUT2D eigenvalue weighted by Crippen LogP contribution is -2.26. The number of hydrogen-bond donors (Lipinski definition) is 1. The average Bonchev–Trinajstić information content (AvgIpc) is 2.69. The molecule has 0 heterocycles. The highest BCUT2D eigenvalue weighted by Gasteiger charge is 2.23. The Kier molecular flexibility index (Phi) is 6.20. The molecule has 0 aliphatic carbocycles. The Morgan fingerprint density at radius 3 is 2.00 bits per heavy atom. The van der Waals surface area contributed by atoms with Gasteiger partial charge in [0, 0.05) is 6.54 Å². The highest BCUT2D eigenvalue weighted by molar-refractivity contribution is 7.91. The number of hydrogen-bond acceptors (Lipinski definition) is 4. The maximum atomic E-state index is 12.8. The molecule has 0 bridgehead atoms. The molecule has 0 radical (unpaired) electrons. The van der Waals surface area contributed by atoms with Crippen LogP contribution in [0.2, 0.25) is 5.02 Å². The Bertz CT molecular complexity index is 1160. The molecule has 8 heteroatoms. The molecule has 1 N–H and O–H groups in total. The number of rotatable bonds is 7. The minimum absolute atomic E-state index is 0.0424. The number of halogens is 1. The van der Waals surface area contributed by atoms with Crippen molar-refractivity contribution >= 4 is 31.5 Å². The first kappa shape index (κ1) is 20.5. The Morgan fingerprint density at radius 2 is 1.36 bits per heavy atom. The molecule has 0 unspecified atom stereocenters. The van der Waals surface area contributed by atoms with Gasteiger partial charge in [-0.3, -0.25) is 0 Å². The van der Waals surface area contributed by atoms with Crippen molar-refractivity contribution in [2.75, 3.05) is 6.54 Å². The Morgan fingerprint density at radius 1 is 0.750 bits per heavy atom. The van der Waals surface area contributed by atoms with E-state index in [-0.39, 0.29) is 26.3 Å². The Labute approximate surface area is 170 Å². The summed E-state index contributed by atoms with van der Waals surface area (Å²) >= 11 is 6.06. The molecule has 0 spiro atoms. The van der Waals surface area contributed by atoms with E-state index in [1.807, 2.05) is 30.3 Å². The predicted molar refractivity (Wildman–Crippen MR) is 109 cm³/mol. The number of benzene rings is 3. The zero-order valence-corrected chi connectivity index (χ0v) is 17.1. The Hall–Kier alpha value is -2.19. The van der Waals surface area contributed by atoms with Crippen molar-refractivity contribution < 1.29 is 16.8 Å². The molecular weight excluding hydrogens is 418 g/mol. The zero-order chi connectivity index (χ0) is 20.2. The summed E-state index contributed by atoms with van der Waals surface area (Å²) in [6.07, 6.45) is 0.500. The van der Waals surface area contributed by atoms with E-state index in [4.69, 9.17) is 11.6 Å². The highest BCUT2D eigenvalue weighted by Crippen LogP contribution is 2.28. The van der Waals surface area contributed by atoms with Crippen LogP contribution < -0.4 is 4.72 Å². The first-order valence-corrected chi connectivity index (χ1v) is 11.8. The SMILES string of the molecule is O=S(=O)(NCCc1ccccc1)c1cc(S(=O)(=O)c2ccccc2)ccc1Cl. The zero-order valence-electron chi connectivity index (χ0n) is 14.7. The van der Waals surface area contributed by atoms with Crippen LogP contribution in [0.3, 0.4) is 0 Å². The fourth-order valence-corrected chi connectivity index (χ4v) is 5.58. The van der Waals surface area contributed by atoms with Gasteiger partial charge in [0.05, 0.1) is 14.8 Å². The number of sulfonamides is 1. The molecule has 5 nitrogen and oxygen atoms in total. The quantitative estimate of drug-likeness (QED) is 0.613. The third kappa shape index (κ3) is 4.62. The topological polar surface area (TPSA) is 80.3 Å². The van der Waals surface area contributed by atoms with Gasteiger partial charge in [0.2, 0.25) is 19.9 Å². The van der Waals surface area contributed by atoms with Crippen LogP contribution in [-0.2, 0) is 26.3 Å². The lowest BCUT2D eigenvalue weighted by atomic mass is 10.2. The van der Waals surface area contributed by atoms with Crippen molar-refractivity contribution in [3.63, 3.8) is 0 Å². The van der Waals surface area contributed by atoms with Gasteiger partial charge in [-0.25, -0.2) is 21.6 Å². The van der Waals surface area contributed by atoms with Gasteiger partial charge >= 0.3 is 0 Å². The van der Waals surface area contributed by atoms with Crippen LogP contribution in [0.1, 0.15) is 5.56 Å². The van der Waals surface area contributed by atoms with Crippen molar-refractivity contribution in [3.05, 3.63) is 89.4 Å². The van der Waals surface area contributed by atoms with Crippen LogP contribution in [0.15, 0.2) is 93.5 Å². The summed E-state index contributed by atoms with van der Waals surface area (Å²) < 4.78 is 53.3. The molecule has 3 aromatic carbocycles. The molecule has 146 valence electrons. The van der Waals surface area contributed by atoms with E-state index in [1.54, 1.807) is 18.2 Å². The highest BCUT2D eigenvalue weighted by atomic mass is 35.5. The van der Waals surface area contributed by atoms with Crippen LogP contribution in [0.5, 0.6) is 0 Å². The monoisotopic (exact) mass is 435 g/mol. The second-order valence-electron chi connectivity index (χ2n) is 6.04. The van der Waals surface area contributed by atoms with Crippen LogP contribution in [0.4, 0.5) is 0 Å². The molecule has 28 heavy (non-hydrogen) atoms. The van der Waals surface area contributed by atoms with Gasteiger partial charge in [0.15, 0.2) is 0 Å². The normalized spacial score (nSPS) is 12.0. The first-order valence-electron chi connectivity index (χ1n) is 8.44. The van der Waals surface area contributed by atoms with Gasteiger partial charge in [-0.1, -0.05) is 60.1 Å². The van der Waals surface area contributed by atoms with Crippen molar-refractivity contribution in [3.8, 4) is 0 Å². The van der Waals surface area contributed by atoms with E-state index in [0.717, 1.165) is 11.6 Å². The van der Waals surface area contributed by atoms with Crippen molar-refractivity contribution in [2.45, 2.75) is 21.1 Å². The molecule has 0 aliphatic rings. The van der Waals surface area contributed by atoms with E-state index in [0.29, 0.717) is 6.42 Å². The summed E-state index contributed by atoms with van der Waals surface area (Å²) in [6.45, 7) is 0.165. The molecule has 0 saturated heterocycles. The van der Waals surface area contributed by atoms with Crippen molar-refractivity contribution in [2.24, 2.45) is 0 Å².